The second kappa shape index (κ2) is 4.72. The monoisotopic (exact) mass is 234 g/mol. The Labute approximate surface area is 88.4 Å². The van der Waals surface area contributed by atoms with Crippen LogP contribution >= 0.6 is 11.6 Å². The Morgan fingerprint density at radius 2 is 2.07 bits per heavy atom. The summed E-state index contributed by atoms with van der Waals surface area (Å²) in [6.07, 6.45) is 3.22. The van der Waals surface area contributed by atoms with Gasteiger partial charge in [0.25, 0.3) is 0 Å². The number of pyridine rings is 1. The van der Waals surface area contributed by atoms with Gasteiger partial charge in [0.05, 0.1) is 0 Å². The van der Waals surface area contributed by atoms with E-state index in [0.717, 1.165) is 5.56 Å². The highest BCUT2D eigenvalue weighted by atomic mass is 35.5. The van der Waals surface area contributed by atoms with Gasteiger partial charge >= 0.3 is 0 Å². The van der Waals surface area contributed by atoms with Crippen molar-refractivity contribution in [2.45, 2.75) is 13.0 Å². The van der Waals surface area contributed by atoms with Crippen LogP contribution in [-0.4, -0.2) is 18.6 Å². The minimum atomic E-state index is -3.37. The first kappa shape index (κ1) is 11.4. The van der Waals surface area contributed by atoms with E-state index in [-0.39, 0.29) is 6.04 Å². The van der Waals surface area contributed by atoms with Crippen LogP contribution in [0, 0.1) is 0 Å². The molecular weight excluding hydrogens is 224 g/mol. The fourth-order valence-corrected chi connectivity index (χ4v) is 1.95. The Morgan fingerprint density at radius 1 is 1.50 bits per heavy atom. The molecule has 1 aromatic heterocycles. The summed E-state index contributed by atoms with van der Waals surface area (Å²) in [6, 6.07) is 3.21. The molecule has 1 unspecified atom stereocenters. The Kier molecular flexibility index (Phi) is 3.86. The van der Waals surface area contributed by atoms with Gasteiger partial charge in [0.1, 0.15) is 5.21 Å². The second-order valence-corrected chi connectivity index (χ2v) is 5.18. The van der Waals surface area contributed by atoms with E-state index in [0.29, 0.717) is 0 Å². The Hall–Kier alpha value is -0.650. The van der Waals surface area contributed by atoms with Crippen molar-refractivity contribution in [1.29, 1.82) is 0 Å². The Balaban J connectivity index is 2.74. The van der Waals surface area contributed by atoms with E-state index in [1.807, 2.05) is 0 Å². The lowest BCUT2D eigenvalue weighted by molar-refractivity contribution is 0.571. The zero-order chi connectivity index (χ0) is 10.6. The lowest BCUT2D eigenvalue weighted by atomic mass is 10.1. The van der Waals surface area contributed by atoms with Crippen molar-refractivity contribution in [2.24, 2.45) is 0 Å². The van der Waals surface area contributed by atoms with Gasteiger partial charge in [-0.2, -0.15) is 0 Å². The number of halogens is 1. The number of sulfonamides is 1. The summed E-state index contributed by atoms with van der Waals surface area (Å²) in [5, 5.41) is -0.428. The molecular formula is C8H11ClN2O2S. The summed E-state index contributed by atoms with van der Waals surface area (Å²) in [5.74, 6) is 0. The van der Waals surface area contributed by atoms with Crippen LogP contribution in [0.1, 0.15) is 18.5 Å². The number of rotatable bonds is 4. The normalized spacial score (nSPS) is 13.9. The summed E-state index contributed by atoms with van der Waals surface area (Å²) in [7, 11) is -3.37. The maximum absolute atomic E-state index is 11.1. The fraction of sp³-hybridized carbons (Fsp3) is 0.375. The van der Waals surface area contributed by atoms with Crippen LogP contribution in [0.3, 0.4) is 0 Å². The zero-order valence-electron chi connectivity index (χ0n) is 7.64. The number of alkyl halides is 1. The molecule has 0 spiro atoms. The van der Waals surface area contributed by atoms with Gasteiger partial charge in [-0.05, 0) is 24.6 Å². The number of nitrogens with one attached hydrogen (secondary N) is 1. The van der Waals surface area contributed by atoms with Gasteiger partial charge in [0, 0.05) is 18.4 Å². The van der Waals surface area contributed by atoms with Crippen molar-refractivity contribution >= 4 is 21.6 Å². The largest absolute Gasteiger partial charge is 0.265 e. The maximum atomic E-state index is 11.1. The number of aromatic nitrogens is 1. The fourth-order valence-electron chi connectivity index (χ4n) is 1.02. The van der Waals surface area contributed by atoms with Gasteiger partial charge in [-0.3, -0.25) is 4.98 Å². The van der Waals surface area contributed by atoms with Crippen LogP contribution in [0.5, 0.6) is 0 Å². The molecule has 0 saturated heterocycles. The highest BCUT2D eigenvalue weighted by Gasteiger charge is 2.13. The third-order valence-corrected chi connectivity index (χ3v) is 3.57. The van der Waals surface area contributed by atoms with Crippen LogP contribution in [0.15, 0.2) is 24.5 Å². The maximum Gasteiger partial charge on any atom is 0.226 e. The molecule has 1 N–H and O–H groups in total. The second-order valence-electron chi connectivity index (χ2n) is 2.84. The molecule has 0 radical (unpaired) electrons. The van der Waals surface area contributed by atoms with E-state index in [9.17, 15) is 8.42 Å². The van der Waals surface area contributed by atoms with E-state index in [2.05, 4.69) is 9.71 Å². The average molecular weight is 235 g/mol. The van der Waals surface area contributed by atoms with Gasteiger partial charge < -0.3 is 0 Å². The lowest BCUT2D eigenvalue weighted by Gasteiger charge is -2.12. The summed E-state index contributed by atoms with van der Waals surface area (Å²) in [4.78, 5) is 3.84. The predicted molar refractivity (Wildman–Crippen MR) is 55.4 cm³/mol. The van der Waals surface area contributed by atoms with E-state index in [1.54, 1.807) is 31.5 Å². The molecule has 14 heavy (non-hydrogen) atoms. The predicted octanol–water partition coefficient (Wildman–Crippen LogP) is 1.26. The van der Waals surface area contributed by atoms with Crippen LogP contribution in [0.4, 0.5) is 0 Å². The van der Waals surface area contributed by atoms with Crippen LogP contribution < -0.4 is 4.72 Å². The van der Waals surface area contributed by atoms with Gasteiger partial charge in [-0.15, -0.1) is 11.6 Å². The molecule has 0 saturated carbocycles. The molecule has 4 nitrogen and oxygen atoms in total. The van der Waals surface area contributed by atoms with Crippen LogP contribution in [0.25, 0.3) is 0 Å². The lowest BCUT2D eigenvalue weighted by Crippen LogP contribution is -2.27. The molecule has 1 aromatic rings. The minimum absolute atomic E-state index is 0.290. The Morgan fingerprint density at radius 3 is 2.57 bits per heavy atom. The molecule has 78 valence electrons. The van der Waals surface area contributed by atoms with Crippen molar-refractivity contribution < 1.29 is 8.42 Å². The third kappa shape index (κ3) is 3.25. The molecule has 1 rings (SSSR count). The topological polar surface area (TPSA) is 59.1 Å². The van der Waals surface area contributed by atoms with Crippen molar-refractivity contribution in [1.82, 2.24) is 9.71 Å². The standard InChI is InChI=1S/C8H11ClN2O2S/c1-7(11-14(12,13)6-9)8-2-4-10-5-3-8/h2-5,7,11H,6H2,1H3. The SMILES string of the molecule is CC(NS(=O)(=O)CCl)c1ccncc1. The van der Waals surface area contributed by atoms with E-state index in [1.165, 1.54) is 0 Å². The van der Waals surface area contributed by atoms with Crippen molar-refractivity contribution in [2.75, 3.05) is 5.21 Å². The molecule has 6 heteroatoms. The Bertz CT molecular complexity index is 380. The van der Waals surface area contributed by atoms with Crippen LogP contribution in [0.2, 0.25) is 0 Å². The van der Waals surface area contributed by atoms with Crippen LogP contribution in [-0.2, 0) is 10.0 Å². The van der Waals surface area contributed by atoms with E-state index < -0.39 is 15.2 Å². The van der Waals surface area contributed by atoms with Gasteiger partial charge in [-0.25, -0.2) is 13.1 Å². The first-order chi connectivity index (χ1) is 6.55. The van der Waals surface area contributed by atoms with Crippen molar-refractivity contribution in [3.63, 3.8) is 0 Å². The van der Waals surface area contributed by atoms with Gasteiger partial charge in [0.15, 0.2) is 0 Å². The molecule has 0 fully saturated rings. The van der Waals surface area contributed by atoms with Gasteiger partial charge in [0.2, 0.25) is 10.0 Å². The number of nitrogens with zero attached hydrogens (tertiary/aromatic N) is 1. The minimum Gasteiger partial charge on any atom is -0.265 e. The summed E-state index contributed by atoms with van der Waals surface area (Å²) >= 11 is 5.26. The highest BCUT2D eigenvalue weighted by Crippen LogP contribution is 2.11. The van der Waals surface area contributed by atoms with E-state index in [4.69, 9.17) is 11.6 Å². The molecule has 0 aliphatic rings. The summed E-state index contributed by atoms with van der Waals surface area (Å²) in [5.41, 5.74) is 0.855. The first-order valence-corrected chi connectivity index (χ1v) is 6.20. The molecule has 0 aliphatic heterocycles. The van der Waals surface area contributed by atoms with E-state index >= 15 is 0 Å². The number of hydrogen-bond acceptors (Lipinski definition) is 3. The zero-order valence-corrected chi connectivity index (χ0v) is 9.22. The van der Waals surface area contributed by atoms with Gasteiger partial charge in [-0.1, -0.05) is 0 Å². The van der Waals surface area contributed by atoms with Crippen molar-refractivity contribution in [3.8, 4) is 0 Å². The summed E-state index contributed by atoms with van der Waals surface area (Å²) < 4.78 is 24.7. The highest BCUT2D eigenvalue weighted by molar-refractivity contribution is 7.90. The first-order valence-electron chi connectivity index (χ1n) is 4.01. The molecule has 1 heterocycles. The third-order valence-electron chi connectivity index (χ3n) is 1.71. The number of hydrogen-bond donors (Lipinski definition) is 1. The molecule has 0 aliphatic carbocycles. The molecule has 0 aromatic carbocycles. The summed E-state index contributed by atoms with van der Waals surface area (Å²) in [6.45, 7) is 1.75. The van der Waals surface area contributed by atoms with Crippen molar-refractivity contribution in [3.05, 3.63) is 30.1 Å². The molecule has 0 bridgehead atoms. The quantitative estimate of drug-likeness (QED) is 0.798. The smallest absolute Gasteiger partial charge is 0.226 e. The molecule has 1 atom stereocenters. The average Bonchev–Trinajstić information content (AvgIpc) is 2.19. The molecule has 0 amide bonds.